The minimum absolute atomic E-state index is 1.01. The predicted molar refractivity (Wildman–Crippen MR) is 70.2 cm³/mol. The Morgan fingerprint density at radius 2 is 1.88 bits per heavy atom. The van der Waals surface area contributed by atoms with Crippen molar-refractivity contribution in [2.75, 3.05) is 33.2 Å². The van der Waals surface area contributed by atoms with E-state index in [9.17, 15) is 0 Å². The van der Waals surface area contributed by atoms with Crippen LogP contribution in [0.2, 0.25) is 0 Å². The van der Waals surface area contributed by atoms with Gasteiger partial charge < -0.3 is 4.90 Å². The zero-order chi connectivity index (χ0) is 11.7. The highest BCUT2D eigenvalue weighted by molar-refractivity contribution is 7.00. The highest BCUT2D eigenvalue weighted by Crippen LogP contribution is 2.15. The fraction of sp³-hybridized carbons (Fsp3) is 0.500. The first-order valence-corrected chi connectivity index (χ1v) is 6.66. The van der Waals surface area contributed by atoms with Crippen molar-refractivity contribution in [3.05, 3.63) is 23.8 Å². The first-order valence-electron chi connectivity index (χ1n) is 5.93. The Labute approximate surface area is 105 Å². The van der Waals surface area contributed by atoms with Crippen molar-refractivity contribution in [2.24, 2.45) is 0 Å². The van der Waals surface area contributed by atoms with E-state index in [1.807, 2.05) is 0 Å². The molecule has 1 aliphatic rings. The normalized spacial score (nSPS) is 18.9. The molecule has 1 aromatic carbocycles. The molecule has 0 saturated carbocycles. The lowest BCUT2D eigenvalue weighted by Crippen LogP contribution is -2.43. The molecule has 1 aliphatic heterocycles. The molecule has 1 fully saturated rings. The van der Waals surface area contributed by atoms with Crippen molar-refractivity contribution in [3.8, 4) is 0 Å². The average Bonchev–Trinajstić information content (AvgIpc) is 2.79. The third-order valence-corrected chi connectivity index (χ3v) is 3.88. The van der Waals surface area contributed by atoms with Gasteiger partial charge in [0.15, 0.2) is 0 Å². The van der Waals surface area contributed by atoms with Gasteiger partial charge in [-0.1, -0.05) is 6.07 Å². The molecular weight excluding hydrogens is 232 g/mol. The number of piperazine rings is 1. The van der Waals surface area contributed by atoms with Gasteiger partial charge in [0.05, 0.1) is 11.7 Å². The van der Waals surface area contributed by atoms with Crippen LogP contribution in [-0.2, 0) is 6.54 Å². The van der Waals surface area contributed by atoms with Crippen molar-refractivity contribution in [3.63, 3.8) is 0 Å². The van der Waals surface area contributed by atoms with E-state index in [-0.39, 0.29) is 0 Å². The molecule has 0 spiro atoms. The summed E-state index contributed by atoms with van der Waals surface area (Å²) in [5, 5.41) is 0. The van der Waals surface area contributed by atoms with Crippen LogP contribution in [0.4, 0.5) is 0 Å². The summed E-state index contributed by atoms with van der Waals surface area (Å²) in [5.74, 6) is 0. The van der Waals surface area contributed by atoms with Crippen LogP contribution in [0.25, 0.3) is 11.0 Å². The topological polar surface area (TPSA) is 32.3 Å². The Kier molecular flexibility index (Phi) is 3.05. The number of nitrogens with zero attached hydrogens (tertiary/aromatic N) is 4. The Morgan fingerprint density at radius 1 is 1.12 bits per heavy atom. The molecule has 90 valence electrons. The smallest absolute Gasteiger partial charge is 0.105 e. The Hall–Kier alpha value is -1.04. The molecule has 0 radical (unpaired) electrons. The minimum Gasteiger partial charge on any atom is -0.304 e. The molecule has 2 heterocycles. The summed E-state index contributed by atoms with van der Waals surface area (Å²) in [6.45, 7) is 5.68. The summed E-state index contributed by atoms with van der Waals surface area (Å²) < 4.78 is 8.52. The maximum absolute atomic E-state index is 4.29. The molecule has 0 amide bonds. The summed E-state index contributed by atoms with van der Waals surface area (Å²) in [6.07, 6.45) is 0. The van der Waals surface area contributed by atoms with Crippen LogP contribution < -0.4 is 0 Å². The molecule has 0 atom stereocenters. The van der Waals surface area contributed by atoms with Crippen LogP contribution in [-0.4, -0.2) is 51.8 Å². The molecule has 0 bridgehead atoms. The first-order chi connectivity index (χ1) is 8.31. The van der Waals surface area contributed by atoms with Gasteiger partial charge in [-0.2, -0.15) is 8.75 Å². The minimum atomic E-state index is 1.01. The average molecular weight is 248 g/mol. The Balaban J connectivity index is 1.71. The fourth-order valence-electron chi connectivity index (χ4n) is 2.19. The summed E-state index contributed by atoms with van der Waals surface area (Å²) in [4.78, 5) is 4.88. The van der Waals surface area contributed by atoms with E-state index in [0.717, 1.165) is 30.7 Å². The summed E-state index contributed by atoms with van der Waals surface area (Å²) >= 11 is 1.29. The van der Waals surface area contributed by atoms with Gasteiger partial charge in [-0.3, -0.25) is 4.90 Å². The van der Waals surface area contributed by atoms with Gasteiger partial charge in [0.25, 0.3) is 0 Å². The summed E-state index contributed by atoms with van der Waals surface area (Å²) in [6, 6.07) is 6.41. The fourth-order valence-corrected chi connectivity index (χ4v) is 2.71. The third-order valence-electron chi connectivity index (χ3n) is 3.32. The second-order valence-electron chi connectivity index (χ2n) is 4.67. The highest BCUT2D eigenvalue weighted by atomic mass is 32.1. The van der Waals surface area contributed by atoms with E-state index < -0.39 is 0 Å². The second-order valence-corrected chi connectivity index (χ2v) is 5.20. The lowest BCUT2D eigenvalue weighted by atomic mass is 10.1. The molecule has 17 heavy (non-hydrogen) atoms. The van der Waals surface area contributed by atoms with Gasteiger partial charge >= 0.3 is 0 Å². The molecule has 1 aromatic heterocycles. The molecule has 0 aliphatic carbocycles. The van der Waals surface area contributed by atoms with Gasteiger partial charge in [0, 0.05) is 32.7 Å². The van der Waals surface area contributed by atoms with E-state index in [0.29, 0.717) is 0 Å². The van der Waals surface area contributed by atoms with E-state index >= 15 is 0 Å². The van der Waals surface area contributed by atoms with Crippen LogP contribution in [0.5, 0.6) is 0 Å². The molecule has 2 aromatic rings. The van der Waals surface area contributed by atoms with E-state index in [2.05, 4.69) is 43.8 Å². The molecule has 0 unspecified atom stereocenters. The van der Waals surface area contributed by atoms with Crippen LogP contribution in [0.3, 0.4) is 0 Å². The number of benzene rings is 1. The zero-order valence-electron chi connectivity index (χ0n) is 9.96. The molecule has 5 heteroatoms. The lowest BCUT2D eigenvalue weighted by molar-refractivity contribution is 0.148. The maximum Gasteiger partial charge on any atom is 0.105 e. The number of likely N-dealkylation sites (N-methyl/N-ethyl adjacent to an activating group) is 1. The van der Waals surface area contributed by atoms with Crippen LogP contribution in [0.1, 0.15) is 5.56 Å². The van der Waals surface area contributed by atoms with Crippen LogP contribution in [0, 0.1) is 0 Å². The number of fused-ring (bicyclic) bond motifs is 1. The number of aromatic nitrogens is 2. The Bertz CT molecular complexity index is 502. The van der Waals surface area contributed by atoms with E-state index in [1.165, 1.54) is 30.4 Å². The molecule has 4 nitrogen and oxygen atoms in total. The van der Waals surface area contributed by atoms with Crippen LogP contribution in [0.15, 0.2) is 18.2 Å². The second kappa shape index (κ2) is 4.68. The van der Waals surface area contributed by atoms with E-state index in [4.69, 9.17) is 0 Å². The van der Waals surface area contributed by atoms with Crippen molar-refractivity contribution in [1.82, 2.24) is 18.5 Å². The number of hydrogen-bond donors (Lipinski definition) is 0. The standard InChI is InChI=1S/C12H16N4S/c1-15-4-6-16(7-5-15)9-10-2-3-11-12(8-10)14-17-13-11/h2-3,8H,4-7,9H2,1H3. The lowest BCUT2D eigenvalue weighted by Gasteiger charge is -2.32. The SMILES string of the molecule is CN1CCN(Cc2ccc3nsnc3c2)CC1. The molecular formula is C12H16N4S. The monoisotopic (exact) mass is 248 g/mol. The largest absolute Gasteiger partial charge is 0.304 e. The molecule has 3 rings (SSSR count). The molecule has 1 saturated heterocycles. The predicted octanol–water partition coefficient (Wildman–Crippen LogP) is 1.44. The van der Waals surface area contributed by atoms with Crippen molar-refractivity contribution in [2.45, 2.75) is 6.54 Å². The van der Waals surface area contributed by atoms with Gasteiger partial charge in [0.2, 0.25) is 0 Å². The quantitative estimate of drug-likeness (QED) is 0.805. The Morgan fingerprint density at radius 3 is 2.71 bits per heavy atom. The van der Waals surface area contributed by atoms with Crippen LogP contribution >= 0.6 is 11.7 Å². The van der Waals surface area contributed by atoms with Crippen molar-refractivity contribution >= 4 is 22.8 Å². The van der Waals surface area contributed by atoms with E-state index in [1.54, 1.807) is 0 Å². The zero-order valence-corrected chi connectivity index (χ0v) is 10.8. The summed E-state index contributed by atoms with van der Waals surface area (Å²) in [5.41, 5.74) is 3.38. The van der Waals surface area contributed by atoms with Gasteiger partial charge in [-0.15, -0.1) is 0 Å². The first kappa shape index (κ1) is 11.1. The van der Waals surface area contributed by atoms with Gasteiger partial charge in [0.1, 0.15) is 11.0 Å². The molecule has 0 N–H and O–H groups in total. The summed E-state index contributed by atoms with van der Waals surface area (Å²) in [7, 11) is 2.18. The van der Waals surface area contributed by atoms with Crippen molar-refractivity contribution < 1.29 is 0 Å². The third kappa shape index (κ3) is 2.46. The van der Waals surface area contributed by atoms with Gasteiger partial charge in [-0.05, 0) is 24.7 Å². The number of hydrogen-bond acceptors (Lipinski definition) is 5. The van der Waals surface area contributed by atoms with Crippen molar-refractivity contribution in [1.29, 1.82) is 0 Å². The maximum atomic E-state index is 4.29. The highest BCUT2D eigenvalue weighted by Gasteiger charge is 2.14. The van der Waals surface area contributed by atoms with Gasteiger partial charge in [-0.25, -0.2) is 0 Å². The number of rotatable bonds is 2.